The predicted molar refractivity (Wildman–Crippen MR) is 112 cm³/mol. The fourth-order valence-electron chi connectivity index (χ4n) is 3.68. The molecule has 1 aliphatic carbocycles. The molecule has 0 aliphatic heterocycles. The molecule has 2 aromatic rings. The number of carbonyl (C=O) groups is 1. The highest BCUT2D eigenvalue weighted by Crippen LogP contribution is 2.26. The molecule has 6 nitrogen and oxygen atoms in total. The highest BCUT2D eigenvalue weighted by molar-refractivity contribution is 7.89. The number of hydrogen-bond acceptors (Lipinski definition) is 4. The Morgan fingerprint density at radius 1 is 1.10 bits per heavy atom. The van der Waals surface area contributed by atoms with Crippen molar-refractivity contribution in [1.82, 2.24) is 9.62 Å². The molecule has 0 bridgehead atoms. The van der Waals surface area contributed by atoms with Crippen molar-refractivity contribution >= 4 is 15.9 Å². The van der Waals surface area contributed by atoms with Crippen molar-refractivity contribution in [2.45, 2.75) is 49.1 Å². The van der Waals surface area contributed by atoms with Crippen LogP contribution < -0.4 is 5.32 Å². The monoisotopic (exact) mass is 434 g/mol. The van der Waals surface area contributed by atoms with E-state index in [1.54, 1.807) is 7.05 Å². The zero-order valence-electron chi connectivity index (χ0n) is 16.9. The van der Waals surface area contributed by atoms with Gasteiger partial charge in [-0.05, 0) is 54.8 Å². The second kappa shape index (κ2) is 9.68. The molecule has 0 radical (unpaired) electrons. The zero-order chi connectivity index (χ0) is 21.7. The standard InChI is InChI=1S/C22H27FN2O4S/c1-25(19-5-3-2-4-6-19)30(28,29)20-13-9-17(10-14-20)22(27)24-15-21(26)16-7-11-18(23)12-8-16/h7-14,19,21,26H,2-6,15H2,1H3,(H,24,27). The van der Waals surface area contributed by atoms with Crippen LogP contribution in [0.25, 0.3) is 0 Å². The summed E-state index contributed by atoms with van der Waals surface area (Å²) in [6.45, 7) is -0.0467. The van der Waals surface area contributed by atoms with E-state index in [4.69, 9.17) is 0 Å². The number of rotatable bonds is 7. The number of carbonyl (C=O) groups excluding carboxylic acids is 1. The van der Waals surface area contributed by atoms with E-state index in [-0.39, 0.29) is 17.5 Å². The van der Waals surface area contributed by atoms with E-state index in [0.717, 1.165) is 32.1 Å². The largest absolute Gasteiger partial charge is 0.387 e. The van der Waals surface area contributed by atoms with Gasteiger partial charge in [-0.1, -0.05) is 31.4 Å². The first-order valence-corrected chi connectivity index (χ1v) is 11.5. The zero-order valence-corrected chi connectivity index (χ0v) is 17.7. The van der Waals surface area contributed by atoms with E-state index in [0.29, 0.717) is 11.1 Å². The Morgan fingerprint density at radius 3 is 2.30 bits per heavy atom. The third kappa shape index (κ3) is 5.24. The highest BCUT2D eigenvalue weighted by atomic mass is 32.2. The predicted octanol–water partition coefficient (Wildman–Crippen LogP) is 3.24. The molecular formula is C22H27FN2O4S. The van der Waals surface area contributed by atoms with Gasteiger partial charge in [0.25, 0.3) is 5.91 Å². The van der Waals surface area contributed by atoms with Crippen LogP contribution in [0.4, 0.5) is 4.39 Å². The van der Waals surface area contributed by atoms with Crippen LogP contribution >= 0.6 is 0 Å². The Kier molecular flexibility index (Phi) is 7.23. The molecule has 0 aromatic heterocycles. The Morgan fingerprint density at radius 2 is 1.70 bits per heavy atom. The summed E-state index contributed by atoms with van der Waals surface area (Å²) in [7, 11) is -2.00. The maximum atomic E-state index is 13.0. The number of benzene rings is 2. The molecule has 30 heavy (non-hydrogen) atoms. The number of halogens is 1. The lowest BCUT2D eigenvalue weighted by Gasteiger charge is -2.30. The Balaban J connectivity index is 1.61. The lowest BCUT2D eigenvalue weighted by Crippen LogP contribution is -2.38. The van der Waals surface area contributed by atoms with E-state index < -0.39 is 27.9 Å². The van der Waals surface area contributed by atoms with Gasteiger partial charge >= 0.3 is 0 Å². The first-order valence-electron chi connectivity index (χ1n) is 10.1. The maximum Gasteiger partial charge on any atom is 0.251 e. The topological polar surface area (TPSA) is 86.7 Å². The molecule has 1 atom stereocenters. The fraction of sp³-hybridized carbons (Fsp3) is 0.409. The summed E-state index contributed by atoms with van der Waals surface area (Å²) in [5.41, 5.74) is 0.782. The lowest BCUT2D eigenvalue weighted by molar-refractivity contribution is 0.0916. The highest BCUT2D eigenvalue weighted by Gasteiger charge is 2.29. The van der Waals surface area contributed by atoms with Gasteiger partial charge in [-0.3, -0.25) is 4.79 Å². The van der Waals surface area contributed by atoms with Gasteiger partial charge in [-0.2, -0.15) is 4.31 Å². The number of nitrogens with one attached hydrogen (secondary N) is 1. The van der Waals surface area contributed by atoms with Gasteiger partial charge in [0.05, 0.1) is 11.0 Å². The van der Waals surface area contributed by atoms with Crippen molar-refractivity contribution in [3.63, 3.8) is 0 Å². The summed E-state index contributed by atoms with van der Waals surface area (Å²) >= 11 is 0. The van der Waals surface area contributed by atoms with E-state index in [2.05, 4.69) is 5.32 Å². The number of nitrogens with zero attached hydrogens (tertiary/aromatic N) is 1. The first-order chi connectivity index (χ1) is 14.3. The van der Waals surface area contributed by atoms with E-state index in [1.807, 2.05) is 0 Å². The minimum atomic E-state index is -3.62. The molecule has 2 aromatic carbocycles. The molecule has 1 fully saturated rings. The van der Waals surface area contributed by atoms with Crippen molar-refractivity contribution in [2.75, 3.05) is 13.6 Å². The molecule has 162 valence electrons. The summed E-state index contributed by atoms with van der Waals surface area (Å²) in [6.07, 6.45) is 3.97. The lowest BCUT2D eigenvalue weighted by atomic mass is 9.96. The summed E-state index contributed by atoms with van der Waals surface area (Å²) < 4.78 is 40.2. The average Bonchev–Trinajstić information content (AvgIpc) is 2.77. The van der Waals surface area contributed by atoms with Crippen LogP contribution in [0.2, 0.25) is 0 Å². The van der Waals surface area contributed by atoms with Crippen LogP contribution in [-0.2, 0) is 10.0 Å². The Hall–Kier alpha value is -2.29. The van der Waals surface area contributed by atoms with Gasteiger partial charge < -0.3 is 10.4 Å². The van der Waals surface area contributed by atoms with Crippen LogP contribution in [0.3, 0.4) is 0 Å². The molecule has 8 heteroatoms. The molecule has 0 spiro atoms. The summed E-state index contributed by atoms with van der Waals surface area (Å²) in [5.74, 6) is -0.833. The normalized spacial score (nSPS) is 16.4. The van der Waals surface area contributed by atoms with Gasteiger partial charge in [0.1, 0.15) is 5.82 Å². The summed E-state index contributed by atoms with van der Waals surface area (Å²) in [4.78, 5) is 12.5. The molecule has 0 heterocycles. The van der Waals surface area contributed by atoms with Crippen LogP contribution in [0, 0.1) is 5.82 Å². The second-order valence-corrected chi connectivity index (χ2v) is 9.61. The SMILES string of the molecule is CN(C1CCCCC1)S(=O)(=O)c1ccc(C(=O)NCC(O)c2ccc(F)cc2)cc1. The van der Waals surface area contributed by atoms with Gasteiger partial charge in [-0.25, -0.2) is 12.8 Å². The Bertz CT molecular complexity index is 956. The number of amides is 1. The smallest absolute Gasteiger partial charge is 0.251 e. The number of aliphatic hydroxyl groups excluding tert-OH is 1. The van der Waals surface area contributed by atoms with Gasteiger partial charge in [-0.15, -0.1) is 0 Å². The molecule has 3 rings (SSSR count). The first kappa shape index (κ1) is 22.4. The maximum absolute atomic E-state index is 13.0. The quantitative estimate of drug-likeness (QED) is 0.700. The van der Waals surface area contributed by atoms with Crippen molar-refractivity contribution < 1.29 is 22.7 Å². The van der Waals surface area contributed by atoms with Crippen LogP contribution in [0.1, 0.15) is 54.1 Å². The minimum Gasteiger partial charge on any atom is -0.387 e. The Labute approximate surface area is 176 Å². The number of hydrogen-bond donors (Lipinski definition) is 2. The molecule has 1 saturated carbocycles. The molecular weight excluding hydrogens is 407 g/mol. The average molecular weight is 435 g/mol. The van der Waals surface area contributed by atoms with Crippen LogP contribution in [-0.4, -0.2) is 43.4 Å². The van der Waals surface area contributed by atoms with Crippen LogP contribution in [0.15, 0.2) is 53.4 Å². The fourth-order valence-corrected chi connectivity index (χ4v) is 5.10. The third-order valence-electron chi connectivity index (χ3n) is 5.59. The van der Waals surface area contributed by atoms with Crippen molar-refractivity contribution in [2.24, 2.45) is 0 Å². The van der Waals surface area contributed by atoms with Crippen molar-refractivity contribution in [3.8, 4) is 0 Å². The van der Waals surface area contributed by atoms with Gasteiger partial charge in [0.15, 0.2) is 0 Å². The molecule has 0 saturated heterocycles. The number of sulfonamides is 1. The van der Waals surface area contributed by atoms with Crippen LogP contribution in [0.5, 0.6) is 0 Å². The molecule has 1 amide bonds. The molecule has 1 unspecified atom stereocenters. The summed E-state index contributed by atoms with van der Waals surface area (Å²) in [5, 5.41) is 12.7. The van der Waals surface area contributed by atoms with E-state index >= 15 is 0 Å². The molecule has 1 aliphatic rings. The van der Waals surface area contributed by atoms with Crippen molar-refractivity contribution in [1.29, 1.82) is 0 Å². The number of aliphatic hydroxyl groups is 1. The van der Waals surface area contributed by atoms with Crippen molar-refractivity contribution in [3.05, 3.63) is 65.5 Å². The second-order valence-electron chi connectivity index (χ2n) is 7.61. The van der Waals surface area contributed by atoms with E-state index in [1.165, 1.54) is 52.8 Å². The van der Waals surface area contributed by atoms with Gasteiger partial charge in [0.2, 0.25) is 10.0 Å². The van der Waals surface area contributed by atoms with E-state index in [9.17, 15) is 22.7 Å². The minimum absolute atomic E-state index is 0.0136. The molecule has 2 N–H and O–H groups in total. The summed E-state index contributed by atoms with van der Waals surface area (Å²) in [6, 6.07) is 11.2. The van der Waals surface area contributed by atoms with Gasteiger partial charge in [0, 0.05) is 25.2 Å². The third-order valence-corrected chi connectivity index (χ3v) is 7.52.